The summed E-state index contributed by atoms with van der Waals surface area (Å²) in [6.07, 6.45) is 4.35. The molecule has 0 atom stereocenters. The average molecular weight is 408 g/mol. The van der Waals surface area contributed by atoms with Gasteiger partial charge in [0.1, 0.15) is 11.3 Å². The van der Waals surface area contributed by atoms with E-state index in [-0.39, 0.29) is 12.0 Å². The number of methoxy groups -OCH3 is 1. The topological polar surface area (TPSA) is 60.7 Å². The normalized spacial score (nSPS) is 11.8. The van der Waals surface area contributed by atoms with E-state index in [1.807, 2.05) is 63.2 Å². The van der Waals surface area contributed by atoms with Gasteiger partial charge in [-0.3, -0.25) is 4.79 Å². The van der Waals surface area contributed by atoms with Crippen molar-refractivity contribution in [2.75, 3.05) is 20.3 Å². The standard InChI is InChI=1S/C25H29NO4/c1-17(2)29-12-8-11-26-25(27)13-18(3)20-14-21-22(19-9-6-5-7-10-19)16-30-24(21)15-23(20)28-4/h5-7,9-10,13-17H,8,11-12H2,1-4H3,(H,26,27)/b18-13+. The molecule has 0 fully saturated rings. The number of amides is 1. The third kappa shape index (κ3) is 5.30. The van der Waals surface area contributed by atoms with Crippen molar-refractivity contribution in [3.63, 3.8) is 0 Å². The Morgan fingerprint density at radius 2 is 1.97 bits per heavy atom. The Bertz CT molecular complexity index is 1020. The molecule has 1 N–H and O–H groups in total. The lowest BCUT2D eigenvalue weighted by molar-refractivity contribution is -0.116. The molecule has 5 nitrogen and oxygen atoms in total. The summed E-state index contributed by atoms with van der Waals surface area (Å²) in [5.41, 5.74) is 4.52. The summed E-state index contributed by atoms with van der Waals surface area (Å²) >= 11 is 0. The zero-order valence-electron chi connectivity index (χ0n) is 18.0. The Balaban J connectivity index is 1.81. The summed E-state index contributed by atoms with van der Waals surface area (Å²) < 4.78 is 16.8. The van der Waals surface area contributed by atoms with Gasteiger partial charge in [-0.1, -0.05) is 30.3 Å². The van der Waals surface area contributed by atoms with Gasteiger partial charge in [-0.25, -0.2) is 0 Å². The summed E-state index contributed by atoms with van der Waals surface area (Å²) in [4.78, 5) is 12.3. The second kappa shape index (κ2) is 10.1. The number of hydrogen-bond donors (Lipinski definition) is 1. The Kier molecular flexibility index (Phi) is 7.31. The van der Waals surface area contributed by atoms with Gasteiger partial charge in [-0.2, -0.15) is 0 Å². The van der Waals surface area contributed by atoms with E-state index < -0.39 is 0 Å². The number of benzene rings is 2. The van der Waals surface area contributed by atoms with E-state index in [0.29, 0.717) is 18.9 Å². The van der Waals surface area contributed by atoms with Crippen LogP contribution in [0.15, 0.2) is 59.2 Å². The average Bonchev–Trinajstić information content (AvgIpc) is 3.15. The van der Waals surface area contributed by atoms with Crippen LogP contribution in [-0.4, -0.2) is 32.3 Å². The van der Waals surface area contributed by atoms with Gasteiger partial charge in [0.15, 0.2) is 0 Å². The molecule has 3 aromatic rings. The number of carbonyl (C=O) groups is 1. The zero-order valence-corrected chi connectivity index (χ0v) is 18.0. The van der Waals surface area contributed by atoms with Crippen LogP contribution in [0.1, 0.15) is 32.8 Å². The highest BCUT2D eigenvalue weighted by molar-refractivity contribution is 6.00. The van der Waals surface area contributed by atoms with Crippen LogP contribution in [0.25, 0.3) is 27.7 Å². The molecule has 0 unspecified atom stereocenters. The summed E-state index contributed by atoms with van der Waals surface area (Å²) in [5.74, 6) is 0.540. The first-order valence-electron chi connectivity index (χ1n) is 10.2. The second-order valence-corrected chi connectivity index (χ2v) is 7.46. The Hall–Kier alpha value is -3.05. The van der Waals surface area contributed by atoms with E-state index in [4.69, 9.17) is 13.9 Å². The highest BCUT2D eigenvalue weighted by Crippen LogP contribution is 2.37. The third-order valence-corrected chi connectivity index (χ3v) is 4.82. The Labute approximate surface area is 177 Å². The van der Waals surface area contributed by atoms with Crippen LogP contribution in [0.3, 0.4) is 0 Å². The smallest absolute Gasteiger partial charge is 0.244 e. The van der Waals surface area contributed by atoms with Crippen LogP contribution >= 0.6 is 0 Å². The number of furan rings is 1. The lowest BCUT2D eigenvalue weighted by atomic mass is 9.99. The number of nitrogens with one attached hydrogen (secondary N) is 1. The first kappa shape index (κ1) is 21.7. The summed E-state index contributed by atoms with van der Waals surface area (Å²) in [7, 11) is 1.62. The largest absolute Gasteiger partial charge is 0.496 e. The molecule has 0 aliphatic rings. The predicted molar refractivity (Wildman–Crippen MR) is 121 cm³/mol. The van der Waals surface area contributed by atoms with Crippen molar-refractivity contribution >= 4 is 22.4 Å². The molecule has 0 aliphatic heterocycles. The van der Waals surface area contributed by atoms with Gasteiger partial charge >= 0.3 is 0 Å². The Morgan fingerprint density at radius 3 is 2.67 bits per heavy atom. The first-order valence-corrected chi connectivity index (χ1v) is 10.2. The maximum Gasteiger partial charge on any atom is 0.244 e. The van der Waals surface area contributed by atoms with Crippen LogP contribution in [0, 0.1) is 0 Å². The zero-order chi connectivity index (χ0) is 21.5. The minimum Gasteiger partial charge on any atom is -0.496 e. The Morgan fingerprint density at radius 1 is 1.20 bits per heavy atom. The van der Waals surface area contributed by atoms with Gasteiger partial charge in [0, 0.05) is 41.8 Å². The molecule has 0 saturated heterocycles. The number of hydrogen-bond acceptors (Lipinski definition) is 4. The molecular weight excluding hydrogens is 378 g/mol. The molecule has 0 radical (unpaired) electrons. The number of rotatable bonds is 9. The van der Waals surface area contributed by atoms with Crippen molar-refractivity contribution in [2.45, 2.75) is 33.3 Å². The van der Waals surface area contributed by atoms with Gasteiger partial charge in [-0.15, -0.1) is 0 Å². The summed E-state index contributed by atoms with van der Waals surface area (Å²) in [6, 6.07) is 14.0. The molecule has 2 aromatic carbocycles. The minimum atomic E-state index is -0.130. The molecule has 0 aliphatic carbocycles. The van der Waals surface area contributed by atoms with Gasteiger partial charge in [0.2, 0.25) is 5.91 Å². The van der Waals surface area contributed by atoms with E-state index in [9.17, 15) is 4.79 Å². The molecule has 1 heterocycles. The minimum absolute atomic E-state index is 0.130. The monoisotopic (exact) mass is 407 g/mol. The SMILES string of the molecule is COc1cc2occ(-c3ccccc3)c2cc1/C(C)=C/C(=O)NCCCOC(C)C. The first-order chi connectivity index (χ1) is 14.5. The molecule has 3 rings (SSSR count). The molecule has 158 valence electrons. The molecule has 1 aromatic heterocycles. The van der Waals surface area contributed by atoms with Crippen LogP contribution in [-0.2, 0) is 9.53 Å². The summed E-state index contributed by atoms with van der Waals surface area (Å²) in [6.45, 7) is 7.11. The molecule has 30 heavy (non-hydrogen) atoms. The maximum absolute atomic E-state index is 12.3. The molecule has 5 heteroatoms. The lowest BCUT2D eigenvalue weighted by Gasteiger charge is -2.10. The molecular formula is C25H29NO4. The fourth-order valence-electron chi connectivity index (χ4n) is 3.30. The van der Waals surface area contributed by atoms with E-state index in [1.165, 1.54) is 0 Å². The van der Waals surface area contributed by atoms with Gasteiger partial charge in [0.25, 0.3) is 0 Å². The molecule has 0 spiro atoms. The number of ether oxygens (including phenoxy) is 2. The van der Waals surface area contributed by atoms with Gasteiger partial charge in [-0.05, 0) is 44.4 Å². The van der Waals surface area contributed by atoms with Gasteiger partial charge < -0.3 is 19.2 Å². The summed E-state index contributed by atoms with van der Waals surface area (Å²) in [5, 5.41) is 3.89. The van der Waals surface area contributed by atoms with Crippen LogP contribution in [0.2, 0.25) is 0 Å². The van der Waals surface area contributed by atoms with Crippen molar-refractivity contribution in [2.24, 2.45) is 0 Å². The predicted octanol–water partition coefficient (Wildman–Crippen LogP) is 5.44. The highest BCUT2D eigenvalue weighted by Gasteiger charge is 2.14. The highest BCUT2D eigenvalue weighted by atomic mass is 16.5. The van der Waals surface area contributed by atoms with E-state index >= 15 is 0 Å². The van der Waals surface area contributed by atoms with Crippen molar-refractivity contribution in [1.29, 1.82) is 0 Å². The van der Waals surface area contributed by atoms with Crippen molar-refractivity contribution in [1.82, 2.24) is 5.32 Å². The molecule has 0 bridgehead atoms. The van der Waals surface area contributed by atoms with Crippen molar-refractivity contribution in [3.05, 3.63) is 60.4 Å². The van der Waals surface area contributed by atoms with Crippen LogP contribution < -0.4 is 10.1 Å². The van der Waals surface area contributed by atoms with Crippen molar-refractivity contribution < 1.29 is 18.7 Å². The van der Waals surface area contributed by atoms with Crippen molar-refractivity contribution in [3.8, 4) is 16.9 Å². The lowest BCUT2D eigenvalue weighted by Crippen LogP contribution is -2.23. The third-order valence-electron chi connectivity index (χ3n) is 4.82. The number of fused-ring (bicyclic) bond motifs is 1. The quantitative estimate of drug-likeness (QED) is 0.379. The number of allylic oxidation sites excluding steroid dienone is 1. The van der Waals surface area contributed by atoms with Crippen LogP contribution in [0.5, 0.6) is 5.75 Å². The van der Waals surface area contributed by atoms with E-state index in [2.05, 4.69) is 5.32 Å². The maximum atomic E-state index is 12.3. The molecule has 0 saturated carbocycles. The fourth-order valence-corrected chi connectivity index (χ4v) is 3.30. The van der Waals surface area contributed by atoms with E-state index in [0.717, 1.165) is 39.7 Å². The van der Waals surface area contributed by atoms with Gasteiger partial charge in [0.05, 0.1) is 19.5 Å². The number of carbonyl (C=O) groups excluding carboxylic acids is 1. The fraction of sp³-hybridized carbons (Fsp3) is 0.320. The van der Waals surface area contributed by atoms with E-state index in [1.54, 1.807) is 19.4 Å². The van der Waals surface area contributed by atoms with Crippen LogP contribution in [0.4, 0.5) is 0 Å². The second-order valence-electron chi connectivity index (χ2n) is 7.46. The molecule has 1 amide bonds.